The molecule has 0 saturated heterocycles. The summed E-state index contributed by atoms with van der Waals surface area (Å²) in [4.78, 5) is 0. The second kappa shape index (κ2) is 55.8. The lowest BCUT2D eigenvalue weighted by molar-refractivity contribution is 0.0879. The molecular formula is C48H102Al2O6. The summed E-state index contributed by atoms with van der Waals surface area (Å²) >= 11 is -3.86. The summed E-state index contributed by atoms with van der Waals surface area (Å²) in [6, 6.07) is 0. The molecule has 0 aromatic heterocycles. The lowest BCUT2D eigenvalue weighted by Gasteiger charge is -2.14. The Bertz CT molecular complexity index is 522. The summed E-state index contributed by atoms with van der Waals surface area (Å²) in [5, 5.41) is 0. The minimum atomic E-state index is -1.93. The fourth-order valence-electron chi connectivity index (χ4n) is 6.66. The van der Waals surface area contributed by atoms with Gasteiger partial charge in [-0.3, -0.25) is 0 Å². The molecule has 0 aromatic rings. The van der Waals surface area contributed by atoms with Gasteiger partial charge in [0.2, 0.25) is 0 Å². The van der Waals surface area contributed by atoms with Gasteiger partial charge in [0, 0.05) is 39.6 Å². The van der Waals surface area contributed by atoms with Gasteiger partial charge in [-0.15, -0.1) is 0 Å². The van der Waals surface area contributed by atoms with E-state index in [1.54, 1.807) is 0 Å². The molecule has 0 saturated carbocycles. The zero-order valence-corrected chi connectivity index (χ0v) is 41.6. The molecule has 0 aliphatic rings. The maximum atomic E-state index is 6.03. The van der Waals surface area contributed by atoms with E-state index in [0.717, 1.165) is 78.2 Å². The van der Waals surface area contributed by atoms with Crippen LogP contribution in [0, 0.1) is 0 Å². The molecule has 0 atom stereocenters. The van der Waals surface area contributed by atoms with Crippen LogP contribution in [0.4, 0.5) is 0 Å². The summed E-state index contributed by atoms with van der Waals surface area (Å²) in [6.07, 6.45) is 46.7. The fourth-order valence-corrected chi connectivity index (χ4v) is 9.39. The van der Waals surface area contributed by atoms with E-state index in [9.17, 15) is 0 Å². The summed E-state index contributed by atoms with van der Waals surface area (Å²) in [5.74, 6) is 0. The lowest BCUT2D eigenvalue weighted by atomic mass is 10.1. The summed E-state index contributed by atoms with van der Waals surface area (Å²) in [7, 11) is 0. The van der Waals surface area contributed by atoms with Crippen LogP contribution in [0.2, 0.25) is 0 Å². The molecule has 0 aromatic carbocycles. The van der Waals surface area contributed by atoms with Gasteiger partial charge in [0.05, 0.1) is 0 Å². The largest absolute Gasteiger partial charge is 0.905 e. The third kappa shape index (κ3) is 52.8. The number of hydrogen-bond acceptors (Lipinski definition) is 6. The summed E-state index contributed by atoms with van der Waals surface area (Å²) in [5.41, 5.74) is 0. The normalized spacial score (nSPS) is 11.2. The summed E-state index contributed by atoms with van der Waals surface area (Å²) < 4.78 is 36.2. The first-order chi connectivity index (χ1) is 27.7. The Morgan fingerprint density at radius 1 is 0.179 bits per heavy atom. The Morgan fingerprint density at radius 3 is 0.446 bits per heavy atom. The van der Waals surface area contributed by atoms with E-state index in [-0.39, 0.29) is 0 Å². The Labute approximate surface area is 363 Å². The number of unbranched alkanes of at least 4 members (excludes halogenated alkanes) is 30. The molecule has 0 aliphatic heterocycles. The highest BCUT2D eigenvalue weighted by Crippen LogP contribution is 2.12. The highest BCUT2D eigenvalue weighted by molar-refractivity contribution is 6.36. The molecule has 0 heterocycles. The zero-order valence-electron chi connectivity index (χ0n) is 39.3. The Kier molecular flexibility index (Phi) is 58.7. The van der Waals surface area contributed by atoms with Gasteiger partial charge in [-0.1, -0.05) is 234 Å². The van der Waals surface area contributed by atoms with Gasteiger partial charge >= 0.3 is 30.3 Å². The second-order valence-electron chi connectivity index (χ2n) is 16.4. The van der Waals surface area contributed by atoms with Crippen LogP contribution in [0.25, 0.3) is 0 Å². The van der Waals surface area contributed by atoms with Gasteiger partial charge in [-0.25, -0.2) is 0 Å². The quantitative estimate of drug-likeness (QED) is 0.0450. The van der Waals surface area contributed by atoms with Crippen LogP contribution in [-0.2, 0) is 22.7 Å². The zero-order chi connectivity index (χ0) is 41.1. The molecule has 56 heavy (non-hydrogen) atoms. The molecule has 0 fully saturated rings. The van der Waals surface area contributed by atoms with Gasteiger partial charge < -0.3 is 22.7 Å². The van der Waals surface area contributed by atoms with Crippen LogP contribution < -0.4 is 0 Å². The van der Waals surface area contributed by atoms with E-state index in [1.807, 2.05) is 0 Å². The van der Waals surface area contributed by atoms with Crippen molar-refractivity contribution in [1.82, 2.24) is 0 Å². The van der Waals surface area contributed by atoms with E-state index < -0.39 is 30.3 Å². The predicted octanol–water partition coefficient (Wildman–Crippen LogP) is 16.2. The average Bonchev–Trinajstić information content (AvgIpc) is 3.21. The first-order valence-corrected chi connectivity index (χ1v) is 28.2. The lowest BCUT2D eigenvalue weighted by Crippen LogP contribution is -2.28. The van der Waals surface area contributed by atoms with Crippen LogP contribution in [0.5, 0.6) is 0 Å². The minimum Gasteiger partial charge on any atom is -0.454 e. The monoisotopic (exact) mass is 829 g/mol. The van der Waals surface area contributed by atoms with Crippen LogP contribution in [0.3, 0.4) is 0 Å². The highest BCUT2D eigenvalue weighted by Gasteiger charge is 2.31. The van der Waals surface area contributed by atoms with E-state index >= 15 is 0 Å². The first-order valence-electron chi connectivity index (χ1n) is 25.4. The molecule has 0 aliphatic carbocycles. The van der Waals surface area contributed by atoms with Gasteiger partial charge in [-0.2, -0.15) is 0 Å². The van der Waals surface area contributed by atoms with Crippen molar-refractivity contribution in [2.24, 2.45) is 0 Å². The van der Waals surface area contributed by atoms with Crippen molar-refractivity contribution in [2.45, 2.75) is 273 Å². The fraction of sp³-hybridized carbons (Fsp3) is 1.00. The molecular weight excluding hydrogens is 726 g/mol. The van der Waals surface area contributed by atoms with Crippen molar-refractivity contribution in [3.63, 3.8) is 0 Å². The molecule has 0 bridgehead atoms. The summed E-state index contributed by atoms with van der Waals surface area (Å²) in [6.45, 7) is 18.5. The van der Waals surface area contributed by atoms with Gasteiger partial charge in [0.25, 0.3) is 0 Å². The van der Waals surface area contributed by atoms with Crippen LogP contribution in [-0.4, -0.2) is 69.9 Å². The molecule has 0 N–H and O–H groups in total. The van der Waals surface area contributed by atoms with E-state index in [2.05, 4.69) is 41.5 Å². The van der Waals surface area contributed by atoms with E-state index in [1.165, 1.54) is 193 Å². The van der Waals surface area contributed by atoms with E-state index in [0.29, 0.717) is 0 Å². The van der Waals surface area contributed by atoms with Crippen molar-refractivity contribution in [1.29, 1.82) is 0 Å². The van der Waals surface area contributed by atoms with Gasteiger partial charge in [0.15, 0.2) is 0 Å². The predicted molar refractivity (Wildman–Crippen MR) is 247 cm³/mol. The first kappa shape index (κ1) is 58.9. The van der Waals surface area contributed by atoms with Gasteiger partial charge in [0.1, 0.15) is 0 Å². The molecule has 336 valence electrons. The maximum Gasteiger partial charge on any atom is 0.905 e. The average molecular weight is 829 g/mol. The van der Waals surface area contributed by atoms with Crippen molar-refractivity contribution in [3.05, 3.63) is 0 Å². The number of hydrogen-bond donors (Lipinski definition) is 0. The Balaban J connectivity index is 0. The van der Waals surface area contributed by atoms with Crippen molar-refractivity contribution < 1.29 is 22.7 Å². The molecule has 0 radical (unpaired) electrons. The Morgan fingerprint density at radius 2 is 0.304 bits per heavy atom. The minimum absolute atomic E-state index is 0.815. The van der Waals surface area contributed by atoms with Gasteiger partial charge in [-0.05, 0) is 38.5 Å². The number of rotatable bonds is 48. The molecule has 0 amide bonds. The van der Waals surface area contributed by atoms with Crippen molar-refractivity contribution in [2.75, 3.05) is 39.6 Å². The third-order valence-electron chi connectivity index (χ3n) is 10.5. The topological polar surface area (TPSA) is 55.4 Å². The molecule has 8 heteroatoms. The highest BCUT2D eigenvalue weighted by atomic mass is 27.3. The molecule has 0 unspecified atom stereocenters. The molecule has 0 spiro atoms. The maximum absolute atomic E-state index is 6.03. The molecule has 0 rings (SSSR count). The molecule has 6 nitrogen and oxygen atoms in total. The SMILES string of the molecule is CCCCCCCC[O][Al]([O]CCCCCCCC)[O]CCCCCCCC.CCCCCCCC[O][Al]([O]CCCCCCCC)[O]CCCCCCCC. The standard InChI is InChI=1S/6C8H17O.2Al/c6*1-2-3-4-5-6-7-8-9;;/h6*2-8H2,1H3;;/q6*-1;2*+3. The van der Waals surface area contributed by atoms with Crippen LogP contribution >= 0.6 is 0 Å². The van der Waals surface area contributed by atoms with Crippen LogP contribution in [0.15, 0.2) is 0 Å². The third-order valence-corrected chi connectivity index (χ3v) is 13.6. The Hall–Kier alpha value is 0.825. The van der Waals surface area contributed by atoms with Crippen molar-refractivity contribution in [3.8, 4) is 0 Å². The van der Waals surface area contributed by atoms with Crippen molar-refractivity contribution >= 4 is 30.3 Å². The van der Waals surface area contributed by atoms with E-state index in [4.69, 9.17) is 22.7 Å². The second-order valence-corrected chi connectivity index (χ2v) is 19.6. The van der Waals surface area contributed by atoms with Crippen LogP contribution in [0.1, 0.15) is 273 Å². The smallest absolute Gasteiger partial charge is 0.454 e.